The largest absolute Gasteiger partial charge is 0.496 e. The predicted molar refractivity (Wildman–Crippen MR) is 112 cm³/mol. The summed E-state index contributed by atoms with van der Waals surface area (Å²) in [7, 11) is 1.71. The van der Waals surface area contributed by atoms with Gasteiger partial charge in [0.1, 0.15) is 5.75 Å². The van der Waals surface area contributed by atoms with Crippen LogP contribution in [0, 0.1) is 13.8 Å². The van der Waals surface area contributed by atoms with Crippen molar-refractivity contribution in [3.05, 3.63) is 40.5 Å². The highest BCUT2D eigenvalue weighted by Gasteiger charge is 2.26. The number of morpholine rings is 1. The fourth-order valence-corrected chi connectivity index (χ4v) is 4.11. The fraction of sp³-hybridized carbons (Fsp3) is 0.609. The van der Waals surface area contributed by atoms with E-state index in [1.165, 1.54) is 35.1 Å². The van der Waals surface area contributed by atoms with E-state index < -0.39 is 0 Å². The van der Waals surface area contributed by atoms with Gasteiger partial charge in [0, 0.05) is 32.1 Å². The molecule has 1 atom stereocenters. The monoisotopic (exact) mass is 386 g/mol. The fourth-order valence-electron chi connectivity index (χ4n) is 4.11. The summed E-state index contributed by atoms with van der Waals surface area (Å²) < 4.78 is 11.1. The first-order valence-electron chi connectivity index (χ1n) is 10.5. The van der Waals surface area contributed by atoms with Crippen LogP contribution in [-0.4, -0.2) is 50.3 Å². The highest BCUT2D eigenvalue weighted by molar-refractivity contribution is 5.76. The number of carbonyl (C=O) groups excluding carboxylic acids is 1. The van der Waals surface area contributed by atoms with Crippen LogP contribution in [0.2, 0.25) is 0 Å². The number of rotatable bonds is 7. The minimum absolute atomic E-state index is 0.120. The van der Waals surface area contributed by atoms with Crippen LogP contribution in [0.4, 0.5) is 0 Å². The average Bonchev–Trinajstić information content (AvgIpc) is 2.72. The van der Waals surface area contributed by atoms with Crippen molar-refractivity contribution in [2.75, 3.05) is 33.4 Å². The number of carbonyl (C=O) groups is 1. The number of allylic oxidation sites excluding steroid dienone is 1. The smallest absolute Gasteiger partial charge is 0.221 e. The van der Waals surface area contributed by atoms with Crippen molar-refractivity contribution < 1.29 is 14.3 Å². The third-order valence-electron chi connectivity index (χ3n) is 6.11. The molecule has 0 bridgehead atoms. The van der Waals surface area contributed by atoms with Gasteiger partial charge in [-0.05, 0) is 62.3 Å². The Morgan fingerprint density at radius 2 is 2.14 bits per heavy atom. The van der Waals surface area contributed by atoms with E-state index in [1.54, 1.807) is 7.11 Å². The number of nitrogens with zero attached hydrogens (tertiary/aromatic N) is 1. The van der Waals surface area contributed by atoms with Gasteiger partial charge in [0.25, 0.3) is 0 Å². The number of hydrogen-bond acceptors (Lipinski definition) is 4. The summed E-state index contributed by atoms with van der Waals surface area (Å²) in [4.78, 5) is 14.9. The molecule has 5 nitrogen and oxygen atoms in total. The van der Waals surface area contributed by atoms with Crippen molar-refractivity contribution >= 4 is 5.91 Å². The lowest BCUT2D eigenvalue weighted by molar-refractivity contribution is -0.124. The number of ether oxygens (including phenoxy) is 2. The molecule has 1 saturated heterocycles. The third kappa shape index (κ3) is 5.36. The predicted octanol–water partition coefficient (Wildman–Crippen LogP) is 3.52. The van der Waals surface area contributed by atoms with Gasteiger partial charge in [-0.15, -0.1) is 0 Å². The molecule has 1 aromatic carbocycles. The molecule has 1 fully saturated rings. The van der Waals surface area contributed by atoms with Gasteiger partial charge in [-0.1, -0.05) is 17.7 Å². The van der Waals surface area contributed by atoms with E-state index in [9.17, 15) is 4.79 Å². The number of nitrogens with one attached hydrogen (secondary N) is 1. The molecule has 0 radical (unpaired) electrons. The molecule has 5 heteroatoms. The summed E-state index contributed by atoms with van der Waals surface area (Å²) in [5.41, 5.74) is 5.11. The maximum absolute atomic E-state index is 12.5. The van der Waals surface area contributed by atoms with Crippen molar-refractivity contribution in [3.8, 4) is 5.75 Å². The molecule has 1 aromatic rings. The van der Waals surface area contributed by atoms with E-state index in [0.29, 0.717) is 19.6 Å². The SMILES string of the molecule is COc1ccc(CN2CCOC[C@H]2CC(=O)NCC2=CCCCC2)c(C)c1C. The molecule has 0 spiro atoms. The summed E-state index contributed by atoms with van der Waals surface area (Å²) in [6.45, 7) is 7.97. The number of hydrogen-bond donors (Lipinski definition) is 1. The molecular weight excluding hydrogens is 352 g/mol. The minimum Gasteiger partial charge on any atom is -0.496 e. The third-order valence-corrected chi connectivity index (χ3v) is 6.11. The van der Waals surface area contributed by atoms with Crippen molar-refractivity contribution in [1.29, 1.82) is 0 Å². The molecule has 1 amide bonds. The molecule has 3 rings (SSSR count). The molecule has 2 aliphatic rings. The average molecular weight is 387 g/mol. The van der Waals surface area contributed by atoms with E-state index >= 15 is 0 Å². The second kappa shape index (κ2) is 10.1. The van der Waals surface area contributed by atoms with Gasteiger partial charge in [0.2, 0.25) is 5.91 Å². The first-order valence-corrected chi connectivity index (χ1v) is 10.5. The van der Waals surface area contributed by atoms with Gasteiger partial charge in [-0.25, -0.2) is 0 Å². The lowest BCUT2D eigenvalue weighted by Crippen LogP contribution is -2.47. The van der Waals surface area contributed by atoms with Crippen LogP contribution in [0.25, 0.3) is 0 Å². The lowest BCUT2D eigenvalue weighted by atomic mass is 9.99. The van der Waals surface area contributed by atoms with Gasteiger partial charge in [-0.3, -0.25) is 9.69 Å². The van der Waals surface area contributed by atoms with Crippen LogP contribution in [0.3, 0.4) is 0 Å². The van der Waals surface area contributed by atoms with Crippen molar-refractivity contribution in [2.24, 2.45) is 0 Å². The Morgan fingerprint density at radius 1 is 1.29 bits per heavy atom. The molecule has 154 valence electrons. The van der Waals surface area contributed by atoms with Crippen molar-refractivity contribution in [3.63, 3.8) is 0 Å². The van der Waals surface area contributed by atoms with E-state index in [-0.39, 0.29) is 11.9 Å². The summed E-state index contributed by atoms with van der Waals surface area (Å²) in [5.74, 6) is 1.05. The Kier molecular flexibility index (Phi) is 7.51. The van der Waals surface area contributed by atoms with Crippen LogP contribution in [0.15, 0.2) is 23.8 Å². The molecule has 1 aliphatic carbocycles. The van der Waals surface area contributed by atoms with E-state index in [2.05, 4.69) is 36.2 Å². The Labute approximate surface area is 169 Å². The zero-order chi connectivity index (χ0) is 19.9. The zero-order valence-corrected chi connectivity index (χ0v) is 17.6. The van der Waals surface area contributed by atoms with E-state index in [0.717, 1.165) is 38.3 Å². The molecular formula is C23H34N2O3. The number of amides is 1. The van der Waals surface area contributed by atoms with E-state index in [4.69, 9.17) is 9.47 Å². The quantitative estimate of drug-likeness (QED) is 0.729. The Bertz CT molecular complexity index is 714. The van der Waals surface area contributed by atoms with Gasteiger partial charge in [0.05, 0.1) is 20.3 Å². The number of benzene rings is 1. The van der Waals surface area contributed by atoms with Crippen LogP contribution < -0.4 is 10.1 Å². The number of methoxy groups -OCH3 is 1. The zero-order valence-electron chi connectivity index (χ0n) is 17.6. The normalized spacial score (nSPS) is 20.5. The molecule has 28 heavy (non-hydrogen) atoms. The van der Waals surface area contributed by atoms with Crippen LogP contribution >= 0.6 is 0 Å². The second-order valence-corrected chi connectivity index (χ2v) is 7.97. The molecule has 0 aromatic heterocycles. The molecule has 1 aliphatic heterocycles. The van der Waals surface area contributed by atoms with Gasteiger partial charge in [0.15, 0.2) is 0 Å². The summed E-state index contributed by atoms with van der Waals surface area (Å²) in [5, 5.41) is 3.11. The topological polar surface area (TPSA) is 50.8 Å². The first-order chi connectivity index (χ1) is 13.6. The highest BCUT2D eigenvalue weighted by atomic mass is 16.5. The highest BCUT2D eigenvalue weighted by Crippen LogP contribution is 2.26. The minimum atomic E-state index is 0.120. The lowest BCUT2D eigenvalue weighted by Gasteiger charge is -2.35. The van der Waals surface area contributed by atoms with E-state index in [1.807, 2.05) is 6.07 Å². The second-order valence-electron chi connectivity index (χ2n) is 7.97. The van der Waals surface area contributed by atoms with Crippen molar-refractivity contribution in [2.45, 2.75) is 58.5 Å². The molecule has 1 N–H and O–H groups in total. The van der Waals surface area contributed by atoms with Gasteiger partial charge >= 0.3 is 0 Å². The molecule has 0 saturated carbocycles. The Balaban J connectivity index is 1.58. The summed E-state index contributed by atoms with van der Waals surface area (Å²) >= 11 is 0. The van der Waals surface area contributed by atoms with Gasteiger partial charge < -0.3 is 14.8 Å². The maximum atomic E-state index is 12.5. The van der Waals surface area contributed by atoms with Crippen LogP contribution in [-0.2, 0) is 16.1 Å². The first kappa shape index (κ1) is 20.9. The summed E-state index contributed by atoms with van der Waals surface area (Å²) in [6, 6.07) is 4.30. The Morgan fingerprint density at radius 3 is 2.89 bits per heavy atom. The maximum Gasteiger partial charge on any atom is 0.221 e. The summed E-state index contributed by atoms with van der Waals surface area (Å²) in [6.07, 6.45) is 7.56. The van der Waals surface area contributed by atoms with Crippen molar-refractivity contribution in [1.82, 2.24) is 10.2 Å². The van der Waals surface area contributed by atoms with Gasteiger partial charge in [-0.2, -0.15) is 0 Å². The van der Waals surface area contributed by atoms with Crippen LogP contribution in [0.1, 0.15) is 48.8 Å². The standard InChI is InChI=1S/C23H34N2O3/c1-17-18(2)22(27-3)10-9-20(17)15-25-11-12-28-16-21(25)13-23(26)24-14-19-7-5-4-6-8-19/h7,9-10,21H,4-6,8,11-16H2,1-3H3,(H,24,26)/t21-/m1/s1. The molecule has 0 unspecified atom stereocenters. The Hall–Kier alpha value is -1.85. The molecule has 1 heterocycles. The van der Waals surface area contributed by atoms with Crippen LogP contribution in [0.5, 0.6) is 5.75 Å².